The first-order valence-electron chi connectivity index (χ1n) is 7.68. The van der Waals surface area contributed by atoms with Gasteiger partial charge in [0.2, 0.25) is 0 Å². The maximum atomic E-state index is 12.1. The molecule has 1 atom stereocenters. The van der Waals surface area contributed by atoms with E-state index in [2.05, 4.69) is 10.3 Å². The van der Waals surface area contributed by atoms with Gasteiger partial charge in [-0.25, -0.2) is 4.98 Å². The van der Waals surface area contributed by atoms with E-state index in [-0.39, 0.29) is 18.2 Å². The number of hydrogen-bond donors (Lipinski definition) is 2. The minimum atomic E-state index is -0.872. The van der Waals surface area contributed by atoms with Gasteiger partial charge in [-0.05, 0) is 37.1 Å². The van der Waals surface area contributed by atoms with Crippen LogP contribution in [0.25, 0.3) is 10.6 Å². The molecule has 128 valence electrons. The highest BCUT2D eigenvalue weighted by Crippen LogP contribution is 2.25. The molecule has 24 heavy (non-hydrogen) atoms. The van der Waals surface area contributed by atoms with Gasteiger partial charge < -0.3 is 15.2 Å². The summed E-state index contributed by atoms with van der Waals surface area (Å²) in [6.07, 6.45) is 0.0226. The summed E-state index contributed by atoms with van der Waals surface area (Å²) in [7, 11) is 0. The van der Waals surface area contributed by atoms with Gasteiger partial charge in [0, 0.05) is 23.9 Å². The minimum Gasteiger partial charge on any atom is -0.494 e. The molecule has 2 aromatic rings. The molecule has 7 heteroatoms. The first kappa shape index (κ1) is 17.9. The number of thiazole rings is 1. The van der Waals surface area contributed by atoms with Gasteiger partial charge in [0.25, 0.3) is 5.91 Å². The highest BCUT2D eigenvalue weighted by Gasteiger charge is 2.14. The van der Waals surface area contributed by atoms with Crippen LogP contribution in [0.1, 0.15) is 30.8 Å². The minimum absolute atomic E-state index is 0.0226. The van der Waals surface area contributed by atoms with E-state index in [4.69, 9.17) is 9.84 Å². The predicted octanol–water partition coefficient (Wildman–Crippen LogP) is 3.05. The van der Waals surface area contributed by atoms with Crippen LogP contribution in [-0.4, -0.2) is 35.1 Å². The van der Waals surface area contributed by atoms with E-state index >= 15 is 0 Å². The second-order valence-electron chi connectivity index (χ2n) is 5.41. The lowest BCUT2D eigenvalue weighted by Gasteiger charge is -2.09. The Hall–Kier alpha value is -2.41. The van der Waals surface area contributed by atoms with Crippen LogP contribution in [0.5, 0.6) is 5.75 Å². The van der Waals surface area contributed by atoms with Crippen molar-refractivity contribution < 1.29 is 19.4 Å². The van der Waals surface area contributed by atoms with Crippen LogP contribution in [0, 0.1) is 5.92 Å². The number of aromatic nitrogens is 1. The van der Waals surface area contributed by atoms with E-state index in [1.54, 1.807) is 12.3 Å². The van der Waals surface area contributed by atoms with Gasteiger partial charge in [-0.1, -0.05) is 6.92 Å². The average Bonchev–Trinajstić information content (AvgIpc) is 3.03. The highest BCUT2D eigenvalue weighted by molar-refractivity contribution is 7.13. The van der Waals surface area contributed by atoms with E-state index in [9.17, 15) is 9.59 Å². The number of nitrogens with zero attached hydrogens (tertiary/aromatic N) is 1. The number of nitrogens with one attached hydrogen (secondary N) is 1. The first-order valence-corrected chi connectivity index (χ1v) is 8.56. The Bertz CT molecular complexity index is 697. The smallest absolute Gasteiger partial charge is 0.303 e. The molecule has 0 aliphatic carbocycles. The third-order valence-corrected chi connectivity index (χ3v) is 4.17. The Morgan fingerprint density at radius 2 is 2.04 bits per heavy atom. The van der Waals surface area contributed by atoms with Gasteiger partial charge in [-0.2, -0.15) is 0 Å². The number of carbonyl (C=O) groups is 2. The molecule has 6 nitrogen and oxygen atoms in total. The molecule has 2 rings (SSSR count). The van der Waals surface area contributed by atoms with Gasteiger partial charge in [-0.15, -0.1) is 11.3 Å². The molecular formula is C17H20N2O4S. The third kappa shape index (κ3) is 5.06. The van der Waals surface area contributed by atoms with Crippen molar-refractivity contribution in [2.75, 3.05) is 13.2 Å². The largest absolute Gasteiger partial charge is 0.494 e. The molecule has 1 heterocycles. The fourth-order valence-electron chi connectivity index (χ4n) is 2.10. The summed E-state index contributed by atoms with van der Waals surface area (Å²) >= 11 is 1.39. The molecule has 0 aliphatic heterocycles. The standard InChI is InChI=1S/C17H20N2O4S/c1-3-23-13-6-4-12(5-7-13)17-19-14(10-24-17)16(22)18-9-11(2)8-15(20)21/h4-7,10-11H,3,8-9H2,1-2H3,(H,18,22)(H,20,21). The summed E-state index contributed by atoms with van der Waals surface area (Å²) in [5.41, 5.74) is 1.26. The number of hydrogen-bond acceptors (Lipinski definition) is 5. The van der Waals surface area contributed by atoms with Crippen molar-refractivity contribution >= 4 is 23.2 Å². The summed E-state index contributed by atoms with van der Waals surface area (Å²) in [6, 6.07) is 7.54. The molecular weight excluding hydrogens is 328 g/mol. The van der Waals surface area contributed by atoms with Crippen LogP contribution < -0.4 is 10.1 Å². The van der Waals surface area contributed by atoms with Crippen LogP contribution in [0.2, 0.25) is 0 Å². The van der Waals surface area contributed by atoms with E-state index in [0.717, 1.165) is 16.3 Å². The lowest BCUT2D eigenvalue weighted by Crippen LogP contribution is -2.29. The molecule has 1 amide bonds. The van der Waals surface area contributed by atoms with Crippen molar-refractivity contribution in [2.24, 2.45) is 5.92 Å². The van der Waals surface area contributed by atoms with Crippen molar-refractivity contribution in [3.63, 3.8) is 0 Å². The number of aliphatic carboxylic acids is 1. The normalized spacial score (nSPS) is 11.8. The maximum absolute atomic E-state index is 12.1. The van der Waals surface area contributed by atoms with Gasteiger partial charge in [0.15, 0.2) is 0 Å². The molecule has 0 aliphatic rings. The molecule has 1 aromatic heterocycles. The molecule has 0 saturated heterocycles. The summed E-state index contributed by atoms with van der Waals surface area (Å²) < 4.78 is 5.40. The molecule has 1 aromatic carbocycles. The lowest BCUT2D eigenvalue weighted by molar-refractivity contribution is -0.137. The van der Waals surface area contributed by atoms with Crippen LogP contribution in [0.4, 0.5) is 0 Å². The number of benzene rings is 1. The maximum Gasteiger partial charge on any atom is 0.303 e. The van der Waals surface area contributed by atoms with E-state index in [0.29, 0.717) is 18.8 Å². The van der Waals surface area contributed by atoms with Crippen LogP contribution >= 0.6 is 11.3 Å². The molecule has 0 spiro atoms. The fraction of sp³-hybridized carbons (Fsp3) is 0.353. The number of carboxylic acids is 1. The van der Waals surface area contributed by atoms with E-state index < -0.39 is 5.97 Å². The Balaban J connectivity index is 1.96. The number of amides is 1. The monoisotopic (exact) mass is 348 g/mol. The van der Waals surface area contributed by atoms with Crippen molar-refractivity contribution in [1.82, 2.24) is 10.3 Å². The molecule has 0 radical (unpaired) electrons. The van der Waals surface area contributed by atoms with E-state index in [1.165, 1.54) is 11.3 Å². The predicted molar refractivity (Wildman–Crippen MR) is 92.5 cm³/mol. The Labute approximate surface area is 144 Å². The van der Waals surface area contributed by atoms with Gasteiger partial charge in [0.05, 0.1) is 6.61 Å². The van der Waals surface area contributed by atoms with Gasteiger partial charge in [-0.3, -0.25) is 9.59 Å². The Morgan fingerprint density at radius 3 is 2.67 bits per heavy atom. The third-order valence-electron chi connectivity index (χ3n) is 3.28. The highest BCUT2D eigenvalue weighted by atomic mass is 32.1. The second-order valence-corrected chi connectivity index (χ2v) is 6.27. The van der Waals surface area contributed by atoms with Crippen LogP contribution in [0.3, 0.4) is 0 Å². The summed E-state index contributed by atoms with van der Waals surface area (Å²) in [5.74, 6) is -0.497. The van der Waals surface area contributed by atoms with Gasteiger partial charge in [0.1, 0.15) is 16.5 Å². The van der Waals surface area contributed by atoms with E-state index in [1.807, 2.05) is 31.2 Å². The fourth-order valence-corrected chi connectivity index (χ4v) is 2.90. The Morgan fingerprint density at radius 1 is 1.33 bits per heavy atom. The average molecular weight is 348 g/mol. The van der Waals surface area contributed by atoms with Crippen molar-refractivity contribution in [1.29, 1.82) is 0 Å². The lowest BCUT2D eigenvalue weighted by atomic mass is 10.1. The van der Waals surface area contributed by atoms with Crippen molar-refractivity contribution in [3.05, 3.63) is 35.3 Å². The van der Waals surface area contributed by atoms with Crippen molar-refractivity contribution in [3.8, 4) is 16.3 Å². The first-order chi connectivity index (χ1) is 11.5. The van der Waals surface area contributed by atoms with Crippen LogP contribution in [-0.2, 0) is 4.79 Å². The topological polar surface area (TPSA) is 88.5 Å². The summed E-state index contributed by atoms with van der Waals surface area (Å²) in [4.78, 5) is 27.0. The molecule has 0 saturated carbocycles. The summed E-state index contributed by atoms with van der Waals surface area (Å²) in [5, 5.41) is 13.9. The zero-order valence-corrected chi connectivity index (χ0v) is 14.4. The molecule has 0 fully saturated rings. The summed E-state index contributed by atoms with van der Waals surface area (Å²) in [6.45, 7) is 4.63. The molecule has 2 N–H and O–H groups in total. The number of carbonyl (C=O) groups excluding carboxylic acids is 1. The zero-order chi connectivity index (χ0) is 17.5. The molecule has 0 bridgehead atoms. The molecule has 1 unspecified atom stereocenters. The quantitative estimate of drug-likeness (QED) is 0.765. The van der Waals surface area contributed by atoms with Gasteiger partial charge >= 0.3 is 5.97 Å². The number of rotatable bonds is 8. The van der Waals surface area contributed by atoms with Crippen molar-refractivity contribution in [2.45, 2.75) is 20.3 Å². The number of carboxylic acid groups (broad SMARTS) is 1. The SMILES string of the molecule is CCOc1ccc(-c2nc(C(=O)NCC(C)CC(=O)O)cs2)cc1. The number of ether oxygens (including phenoxy) is 1. The zero-order valence-electron chi connectivity index (χ0n) is 13.6. The second kappa shape index (κ2) is 8.44. The van der Waals surface area contributed by atoms with Crippen LogP contribution in [0.15, 0.2) is 29.6 Å². The Kier molecular flexibility index (Phi) is 6.31.